The monoisotopic (exact) mass is 339 g/mol. The topological polar surface area (TPSA) is 63.2 Å². The van der Waals surface area contributed by atoms with Crippen LogP contribution in [0, 0.1) is 17.7 Å². The van der Waals surface area contributed by atoms with Gasteiger partial charge in [-0.3, -0.25) is 4.79 Å². The van der Waals surface area contributed by atoms with Gasteiger partial charge in [-0.1, -0.05) is 18.6 Å². The molecule has 0 radical (unpaired) electrons. The third-order valence-electron chi connectivity index (χ3n) is 4.97. The van der Waals surface area contributed by atoms with Crippen molar-refractivity contribution in [3.8, 4) is 0 Å². The molecule has 3 rings (SSSR count). The Hall–Kier alpha value is -1.43. The van der Waals surface area contributed by atoms with Gasteiger partial charge in [-0.2, -0.15) is 0 Å². The van der Waals surface area contributed by atoms with E-state index in [0.717, 1.165) is 24.8 Å². The molecular formula is C17H22FNO3S. The summed E-state index contributed by atoms with van der Waals surface area (Å²) in [6.45, 7) is 0. The van der Waals surface area contributed by atoms with Gasteiger partial charge in [0.2, 0.25) is 5.91 Å². The number of hydrogen-bond acceptors (Lipinski definition) is 3. The fourth-order valence-electron chi connectivity index (χ4n) is 3.44. The van der Waals surface area contributed by atoms with Crippen molar-refractivity contribution >= 4 is 15.7 Å². The van der Waals surface area contributed by atoms with E-state index in [-0.39, 0.29) is 41.6 Å². The molecule has 1 saturated heterocycles. The zero-order valence-corrected chi connectivity index (χ0v) is 13.8. The molecule has 0 bridgehead atoms. The maximum Gasteiger partial charge on any atom is 0.220 e. The first kappa shape index (κ1) is 16.4. The van der Waals surface area contributed by atoms with Crippen LogP contribution in [0.4, 0.5) is 4.39 Å². The smallest absolute Gasteiger partial charge is 0.220 e. The van der Waals surface area contributed by atoms with Gasteiger partial charge in [0, 0.05) is 6.42 Å². The van der Waals surface area contributed by atoms with Gasteiger partial charge in [-0.05, 0) is 48.8 Å². The first-order valence-corrected chi connectivity index (χ1v) is 10.0. The van der Waals surface area contributed by atoms with E-state index < -0.39 is 9.84 Å². The van der Waals surface area contributed by atoms with Crippen LogP contribution >= 0.6 is 0 Å². The van der Waals surface area contributed by atoms with Crippen molar-refractivity contribution in [3.63, 3.8) is 0 Å². The number of sulfone groups is 1. The van der Waals surface area contributed by atoms with Gasteiger partial charge in [0.25, 0.3) is 0 Å². The average molecular weight is 339 g/mol. The zero-order chi connectivity index (χ0) is 16.4. The average Bonchev–Trinajstić information content (AvgIpc) is 2.76. The van der Waals surface area contributed by atoms with E-state index in [0.29, 0.717) is 12.3 Å². The van der Waals surface area contributed by atoms with Crippen LogP contribution in [0.3, 0.4) is 0 Å². The van der Waals surface area contributed by atoms with Crippen molar-refractivity contribution in [3.05, 3.63) is 35.6 Å². The number of benzene rings is 1. The minimum atomic E-state index is -2.96. The first-order chi connectivity index (χ1) is 10.9. The fraction of sp³-hybridized carbons (Fsp3) is 0.588. The summed E-state index contributed by atoms with van der Waals surface area (Å²) in [6.07, 6.45) is 4.09. The van der Waals surface area contributed by atoms with Gasteiger partial charge in [0.05, 0.1) is 17.5 Å². The lowest BCUT2D eigenvalue weighted by atomic mass is 9.77. The quantitative estimate of drug-likeness (QED) is 0.897. The summed E-state index contributed by atoms with van der Waals surface area (Å²) < 4.78 is 36.1. The summed E-state index contributed by atoms with van der Waals surface area (Å²) >= 11 is 0. The largest absolute Gasteiger partial charge is 0.349 e. The normalized spacial score (nSPS) is 24.8. The predicted molar refractivity (Wildman–Crippen MR) is 86.0 cm³/mol. The highest BCUT2D eigenvalue weighted by Crippen LogP contribution is 2.38. The van der Waals surface area contributed by atoms with Crippen molar-refractivity contribution in [2.24, 2.45) is 11.8 Å². The standard InChI is InChI=1S/C17H22FNO3S/c18-15-6-4-14(5-7-15)17(13-2-1-3-13)19-16(20)10-12-8-9-23(21,22)11-12/h4-7,12-13,17H,1-3,8-11H2,(H,19,20)/t12-,17+/m0/s1. The van der Waals surface area contributed by atoms with Crippen LogP contribution < -0.4 is 5.32 Å². The second-order valence-corrected chi connectivity index (χ2v) is 8.99. The van der Waals surface area contributed by atoms with E-state index in [1.807, 2.05) is 0 Å². The Balaban J connectivity index is 1.64. The summed E-state index contributed by atoms with van der Waals surface area (Å²) in [5, 5.41) is 3.05. The number of carbonyl (C=O) groups excluding carboxylic acids is 1. The maximum absolute atomic E-state index is 13.1. The van der Waals surface area contributed by atoms with Crippen molar-refractivity contribution in [2.75, 3.05) is 11.5 Å². The minimum absolute atomic E-state index is 0.0738. The Bertz CT molecular complexity index is 668. The van der Waals surface area contributed by atoms with Gasteiger partial charge in [0.15, 0.2) is 9.84 Å². The van der Waals surface area contributed by atoms with Crippen LogP contribution in [-0.2, 0) is 14.6 Å². The summed E-state index contributed by atoms with van der Waals surface area (Å²) in [4.78, 5) is 12.3. The summed E-state index contributed by atoms with van der Waals surface area (Å²) in [5.74, 6) is 0.226. The molecule has 1 N–H and O–H groups in total. The van der Waals surface area contributed by atoms with Crippen LogP contribution in [0.5, 0.6) is 0 Å². The Morgan fingerprint density at radius 1 is 1.22 bits per heavy atom. The van der Waals surface area contributed by atoms with Crippen LogP contribution in [0.25, 0.3) is 0 Å². The lowest BCUT2D eigenvalue weighted by Crippen LogP contribution is -2.37. The van der Waals surface area contributed by atoms with E-state index in [9.17, 15) is 17.6 Å². The zero-order valence-electron chi connectivity index (χ0n) is 13.0. The lowest BCUT2D eigenvalue weighted by Gasteiger charge is -2.35. The third-order valence-corrected chi connectivity index (χ3v) is 6.80. The van der Waals surface area contributed by atoms with Crippen molar-refractivity contribution in [1.29, 1.82) is 0 Å². The van der Waals surface area contributed by atoms with Crippen molar-refractivity contribution in [2.45, 2.75) is 38.1 Å². The second-order valence-electron chi connectivity index (χ2n) is 6.76. The number of nitrogens with one attached hydrogen (secondary N) is 1. The van der Waals surface area contributed by atoms with E-state index >= 15 is 0 Å². The SMILES string of the molecule is O=C(C[C@@H]1CCS(=O)(=O)C1)N[C@@H](c1ccc(F)cc1)C1CCC1. The number of hydrogen-bond donors (Lipinski definition) is 1. The summed E-state index contributed by atoms with van der Waals surface area (Å²) in [6, 6.07) is 6.17. The molecule has 1 aliphatic carbocycles. The Morgan fingerprint density at radius 2 is 1.91 bits per heavy atom. The predicted octanol–water partition coefficient (Wildman–Crippen LogP) is 2.61. The highest BCUT2D eigenvalue weighted by molar-refractivity contribution is 7.91. The molecule has 1 heterocycles. The molecule has 2 aliphatic rings. The van der Waals surface area contributed by atoms with E-state index in [1.54, 1.807) is 12.1 Å². The maximum atomic E-state index is 13.1. The third kappa shape index (κ3) is 4.10. The molecule has 1 saturated carbocycles. The number of carbonyl (C=O) groups is 1. The molecule has 1 amide bonds. The molecular weight excluding hydrogens is 317 g/mol. The summed E-state index contributed by atoms with van der Waals surface area (Å²) in [7, 11) is -2.96. The minimum Gasteiger partial charge on any atom is -0.349 e. The van der Waals surface area contributed by atoms with Crippen molar-refractivity contribution in [1.82, 2.24) is 5.32 Å². The summed E-state index contributed by atoms with van der Waals surface area (Å²) in [5.41, 5.74) is 0.920. The Kier molecular flexibility index (Phi) is 4.71. The number of halogens is 1. The molecule has 1 aromatic rings. The molecule has 6 heteroatoms. The Morgan fingerprint density at radius 3 is 2.43 bits per heavy atom. The van der Waals surface area contributed by atoms with Crippen LogP contribution in [0.15, 0.2) is 24.3 Å². The van der Waals surface area contributed by atoms with Gasteiger partial charge in [-0.15, -0.1) is 0 Å². The van der Waals surface area contributed by atoms with Crippen LogP contribution in [-0.4, -0.2) is 25.8 Å². The lowest BCUT2D eigenvalue weighted by molar-refractivity contribution is -0.123. The fourth-order valence-corrected chi connectivity index (χ4v) is 5.31. The van der Waals surface area contributed by atoms with E-state index in [2.05, 4.69) is 5.32 Å². The second kappa shape index (κ2) is 6.59. The number of rotatable bonds is 5. The highest BCUT2D eigenvalue weighted by atomic mass is 32.2. The molecule has 2 fully saturated rings. The van der Waals surface area contributed by atoms with Crippen LogP contribution in [0.2, 0.25) is 0 Å². The van der Waals surface area contributed by atoms with E-state index in [1.165, 1.54) is 12.1 Å². The molecule has 2 atom stereocenters. The Labute approximate surface area is 136 Å². The van der Waals surface area contributed by atoms with Gasteiger partial charge in [0.1, 0.15) is 5.82 Å². The molecule has 1 aliphatic heterocycles. The first-order valence-electron chi connectivity index (χ1n) is 8.18. The molecule has 0 aromatic heterocycles. The van der Waals surface area contributed by atoms with Crippen LogP contribution in [0.1, 0.15) is 43.7 Å². The molecule has 0 spiro atoms. The molecule has 126 valence electrons. The molecule has 1 aromatic carbocycles. The van der Waals surface area contributed by atoms with E-state index in [4.69, 9.17) is 0 Å². The van der Waals surface area contributed by atoms with Crippen molar-refractivity contribution < 1.29 is 17.6 Å². The molecule has 0 unspecified atom stereocenters. The highest BCUT2D eigenvalue weighted by Gasteiger charge is 2.32. The number of amides is 1. The van der Waals surface area contributed by atoms with Gasteiger partial charge in [-0.25, -0.2) is 12.8 Å². The molecule has 4 nitrogen and oxygen atoms in total. The molecule has 23 heavy (non-hydrogen) atoms. The van der Waals surface area contributed by atoms with Gasteiger partial charge < -0.3 is 5.32 Å². The van der Waals surface area contributed by atoms with Gasteiger partial charge >= 0.3 is 0 Å².